The standard InChI is InChI=1S/C20H15BrN4O2S3/c1-11(18(27)25-19-22-6-7-28-19)29-20-24-15-4-3-14(9-17(15)30-20)23-10-12-8-13(21)2-5-16(12)26/h2-11,26H,1H3,(H,22,25,27)/t11-/m1/s1. The van der Waals surface area contributed by atoms with Gasteiger partial charge in [-0.3, -0.25) is 9.79 Å². The number of fused-ring (bicyclic) bond motifs is 1. The molecule has 0 aliphatic heterocycles. The van der Waals surface area contributed by atoms with E-state index in [2.05, 4.69) is 36.2 Å². The Bertz CT molecular complexity index is 1220. The fourth-order valence-corrected chi connectivity index (χ4v) is 5.65. The highest BCUT2D eigenvalue weighted by Crippen LogP contribution is 2.34. The molecule has 6 nitrogen and oxygen atoms in total. The van der Waals surface area contributed by atoms with Gasteiger partial charge in [0.15, 0.2) is 9.47 Å². The summed E-state index contributed by atoms with van der Waals surface area (Å²) in [6.45, 7) is 1.85. The lowest BCUT2D eigenvalue weighted by Gasteiger charge is -2.07. The Balaban J connectivity index is 1.47. The van der Waals surface area contributed by atoms with Crippen LogP contribution in [-0.2, 0) is 4.79 Å². The predicted molar refractivity (Wildman–Crippen MR) is 129 cm³/mol. The first kappa shape index (κ1) is 21.0. The van der Waals surface area contributed by atoms with Crippen molar-refractivity contribution < 1.29 is 9.90 Å². The summed E-state index contributed by atoms with van der Waals surface area (Å²) in [7, 11) is 0. The summed E-state index contributed by atoms with van der Waals surface area (Å²) in [5, 5.41) is 14.9. The predicted octanol–water partition coefficient (Wildman–Crippen LogP) is 6.09. The lowest BCUT2D eigenvalue weighted by Crippen LogP contribution is -2.22. The Morgan fingerprint density at radius 2 is 2.20 bits per heavy atom. The van der Waals surface area contributed by atoms with Crippen molar-refractivity contribution in [2.24, 2.45) is 4.99 Å². The van der Waals surface area contributed by atoms with E-state index in [4.69, 9.17) is 0 Å². The van der Waals surface area contributed by atoms with Gasteiger partial charge in [-0.15, -0.1) is 22.7 Å². The van der Waals surface area contributed by atoms with E-state index in [0.717, 1.165) is 24.7 Å². The highest BCUT2D eigenvalue weighted by Gasteiger charge is 2.18. The maximum atomic E-state index is 12.3. The molecular formula is C20H15BrN4O2S3. The van der Waals surface area contributed by atoms with E-state index in [0.29, 0.717) is 10.7 Å². The minimum Gasteiger partial charge on any atom is -0.507 e. The number of hydrogen-bond donors (Lipinski definition) is 2. The van der Waals surface area contributed by atoms with Gasteiger partial charge in [-0.25, -0.2) is 9.97 Å². The summed E-state index contributed by atoms with van der Waals surface area (Å²) in [4.78, 5) is 25.5. The third-order valence-corrected chi connectivity index (χ3v) is 7.40. The van der Waals surface area contributed by atoms with Crippen LogP contribution in [-0.4, -0.2) is 32.4 Å². The van der Waals surface area contributed by atoms with Gasteiger partial charge in [-0.2, -0.15) is 0 Å². The van der Waals surface area contributed by atoms with Gasteiger partial charge in [0.1, 0.15) is 5.75 Å². The van der Waals surface area contributed by atoms with Crippen LogP contribution < -0.4 is 5.32 Å². The van der Waals surface area contributed by atoms with Crippen LogP contribution in [0.15, 0.2) is 61.8 Å². The first-order valence-electron chi connectivity index (χ1n) is 8.78. The molecule has 2 N–H and O–H groups in total. The first-order chi connectivity index (χ1) is 14.5. The zero-order valence-electron chi connectivity index (χ0n) is 15.6. The van der Waals surface area contributed by atoms with E-state index >= 15 is 0 Å². The van der Waals surface area contributed by atoms with Crippen LogP contribution >= 0.6 is 50.4 Å². The summed E-state index contributed by atoms with van der Waals surface area (Å²) >= 11 is 7.71. The highest BCUT2D eigenvalue weighted by atomic mass is 79.9. The smallest absolute Gasteiger partial charge is 0.239 e. The lowest BCUT2D eigenvalue weighted by atomic mass is 10.2. The number of benzene rings is 2. The van der Waals surface area contributed by atoms with E-state index in [1.807, 2.05) is 30.5 Å². The quantitative estimate of drug-likeness (QED) is 0.238. The second-order valence-electron chi connectivity index (χ2n) is 6.18. The molecule has 0 saturated carbocycles. The zero-order valence-corrected chi connectivity index (χ0v) is 19.6. The van der Waals surface area contributed by atoms with Crippen molar-refractivity contribution in [1.82, 2.24) is 9.97 Å². The molecule has 0 radical (unpaired) electrons. The highest BCUT2D eigenvalue weighted by molar-refractivity contribution is 9.10. The molecule has 4 aromatic rings. The first-order valence-corrected chi connectivity index (χ1v) is 12.1. The third-order valence-electron chi connectivity index (χ3n) is 4.00. The number of carbonyl (C=O) groups excluding carboxylic acids is 1. The number of nitrogens with one attached hydrogen (secondary N) is 1. The Kier molecular flexibility index (Phi) is 6.47. The molecule has 0 saturated heterocycles. The van der Waals surface area contributed by atoms with E-state index in [1.54, 1.807) is 30.6 Å². The number of amides is 1. The van der Waals surface area contributed by atoms with Crippen LogP contribution in [0, 0.1) is 0 Å². The number of hydrogen-bond acceptors (Lipinski definition) is 8. The minimum atomic E-state index is -0.300. The number of phenolic OH excluding ortho intramolecular Hbond substituents is 1. The number of carbonyl (C=O) groups is 1. The second kappa shape index (κ2) is 9.25. The average Bonchev–Trinajstić information content (AvgIpc) is 3.37. The van der Waals surface area contributed by atoms with Crippen LogP contribution in [0.4, 0.5) is 10.8 Å². The Morgan fingerprint density at radius 3 is 3.00 bits per heavy atom. The summed E-state index contributed by atoms with van der Waals surface area (Å²) in [6, 6.07) is 10.9. The molecule has 1 atom stereocenters. The minimum absolute atomic E-state index is 0.103. The monoisotopic (exact) mass is 518 g/mol. The van der Waals surface area contributed by atoms with Crippen LogP contribution in [0.5, 0.6) is 5.75 Å². The largest absolute Gasteiger partial charge is 0.507 e. The molecule has 0 aliphatic carbocycles. The molecule has 2 aromatic heterocycles. The van der Waals surface area contributed by atoms with Gasteiger partial charge < -0.3 is 10.4 Å². The van der Waals surface area contributed by atoms with Crippen molar-refractivity contribution in [2.75, 3.05) is 5.32 Å². The zero-order chi connectivity index (χ0) is 21.1. The molecule has 0 bridgehead atoms. The van der Waals surface area contributed by atoms with E-state index < -0.39 is 0 Å². The van der Waals surface area contributed by atoms with Crippen molar-refractivity contribution in [3.8, 4) is 5.75 Å². The van der Waals surface area contributed by atoms with Gasteiger partial charge >= 0.3 is 0 Å². The van der Waals surface area contributed by atoms with Crippen LogP contribution in [0.25, 0.3) is 10.2 Å². The fourth-order valence-electron chi connectivity index (χ4n) is 2.49. The number of aromatic hydroxyl groups is 1. The van der Waals surface area contributed by atoms with Crippen LogP contribution in [0.3, 0.4) is 0 Å². The van der Waals surface area contributed by atoms with Crippen LogP contribution in [0.1, 0.15) is 12.5 Å². The number of rotatable bonds is 6. The van der Waals surface area contributed by atoms with Crippen molar-refractivity contribution in [3.63, 3.8) is 0 Å². The number of aromatic nitrogens is 2. The molecule has 0 spiro atoms. The molecule has 152 valence electrons. The van der Waals surface area contributed by atoms with Gasteiger partial charge in [0.2, 0.25) is 5.91 Å². The third kappa shape index (κ3) is 5.07. The fraction of sp³-hybridized carbons (Fsp3) is 0.100. The SMILES string of the molecule is C[C@@H](Sc1nc2ccc(N=Cc3cc(Br)ccc3O)cc2s1)C(=O)Nc1nccs1. The van der Waals surface area contributed by atoms with Crippen molar-refractivity contribution in [3.05, 3.63) is 58.0 Å². The van der Waals surface area contributed by atoms with Gasteiger partial charge in [0, 0.05) is 27.8 Å². The molecule has 4 rings (SSSR count). The molecule has 0 fully saturated rings. The van der Waals surface area contributed by atoms with Crippen LogP contribution in [0.2, 0.25) is 0 Å². The summed E-state index contributed by atoms with van der Waals surface area (Å²) in [5.74, 6) is 0.0674. The average molecular weight is 519 g/mol. The van der Waals surface area contributed by atoms with Crippen molar-refractivity contribution in [1.29, 1.82) is 0 Å². The van der Waals surface area contributed by atoms with Gasteiger partial charge in [0.05, 0.1) is 21.2 Å². The second-order valence-corrected chi connectivity index (χ2v) is 10.6. The Morgan fingerprint density at radius 1 is 1.33 bits per heavy atom. The molecule has 0 aliphatic rings. The number of thioether (sulfide) groups is 1. The molecule has 2 aromatic carbocycles. The van der Waals surface area contributed by atoms with Gasteiger partial charge in [0.25, 0.3) is 0 Å². The number of anilines is 1. The number of phenols is 1. The topological polar surface area (TPSA) is 87.5 Å². The lowest BCUT2D eigenvalue weighted by molar-refractivity contribution is -0.115. The molecule has 0 unspecified atom stereocenters. The van der Waals surface area contributed by atoms with Gasteiger partial charge in [-0.1, -0.05) is 27.7 Å². The maximum Gasteiger partial charge on any atom is 0.239 e. The van der Waals surface area contributed by atoms with Crippen molar-refractivity contribution >= 4 is 83.5 Å². The van der Waals surface area contributed by atoms with Gasteiger partial charge in [-0.05, 0) is 43.3 Å². The van der Waals surface area contributed by atoms with E-state index in [1.165, 1.54) is 34.4 Å². The van der Waals surface area contributed by atoms with Crippen molar-refractivity contribution in [2.45, 2.75) is 16.5 Å². The maximum absolute atomic E-state index is 12.3. The van der Waals surface area contributed by atoms with E-state index in [9.17, 15) is 9.90 Å². The van der Waals surface area contributed by atoms with E-state index in [-0.39, 0.29) is 16.9 Å². The molecule has 2 heterocycles. The Labute approximate surface area is 193 Å². The number of aliphatic imine (C=N–C) groups is 1. The number of halogens is 1. The summed E-state index contributed by atoms with van der Waals surface area (Å²) < 4.78 is 2.67. The number of nitrogens with zero attached hydrogens (tertiary/aromatic N) is 3. The normalized spacial score (nSPS) is 12.5. The molecule has 10 heteroatoms. The molecule has 1 amide bonds. The number of thiazole rings is 2. The summed E-state index contributed by atoms with van der Waals surface area (Å²) in [6.07, 6.45) is 3.28. The Hall–Kier alpha value is -2.27. The summed E-state index contributed by atoms with van der Waals surface area (Å²) in [5.41, 5.74) is 2.25. The molecular weight excluding hydrogens is 504 g/mol. The molecule has 30 heavy (non-hydrogen) atoms.